The average molecular weight is 540 g/mol. The molecule has 35 heavy (non-hydrogen) atoms. The number of benzene rings is 2. The van der Waals surface area contributed by atoms with Crippen LogP contribution in [0.3, 0.4) is 0 Å². The predicted octanol–water partition coefficient (Wildman–Crippen LogP) is 5.73. The Labute approximate surface area is 218 Å². The van der Waals surface area contributed by atoms with E-state index in [-0.39, 0.29) is 29.8 Å². The Kier molecular flexibility index (Phi) is 8.01. The molecule has 190 valence electrons. The van der Waals surface area contributed by atoms with Gasteiger partial charge in [-0.3, -0.25) is 4.79 Å². The number of hydrogen-bond acceptors (Lipinski definition) is 4. The van der Waals surface area contributed by atoms with Crippen LogP contribution in [0.5, 0.6) is 5.75 Å². The zero-order valence-electron chi connectivity index (χ0n) is 20.1. The molecule has 0 unspecified atom stereocenters. The molecule has 1 saturated heterocycles. The average Bonchev–Trinajstić information content (AvgIpc) is 2.85. The van der Waals surface area contributed by atoms with Gasteiger partial charge < -0.3 is 10.1 Å². The Balaban J connectivity index is 1.47. The van der Waals surface area contributed by atoms with E-state index in [0.29, 0.717) is 41.4 Å². The Morgan fingerprint density at radius 1 is 1.17 bits per heavy atom. The minimum absolute atomic E-state index is 0.114. The summed E-state index contributed by atoms with van der Waals surface area (Å²) in [6.07, 6.45) is 3.65. The molecule has 1 amide bonds. The van der Waals surface area contributed by atoms with Gasteiger partial charge in [0.05, 0.1) is 17.7 Å². The van der Waals surface area contributed by atoms with E-state index in [1.165, 1.54) is 4.31 Å². The van der Waals surface area contributed by atoms with Gasteiger partial charge in [-0.1, -0.05) is 61.3 Å². The van der Waals surface area contributed by atoms with Crippen LogP contribution in [0.2, 0.25) is 10.0 Å². The number of nitrogens with one attached hydrogen (secondary N) is 1. The Morgan fingerprint density at radius 2 is 1.91 bits per heavy atom. The highest BCUT2D eigenvalue weighted by Gasteiger charge is 2.40. The van der Waals surface area contributed by atoms with E-state index in [1.54, 1.807) is 18.2 Å². The summed E-state index contributed by atoms with van der Waals surface area (Å²) in [6, 6.07) is 12.5. The van der Waals surface area contributed by atoms with Crippen LogP contribution >= 0.6 is 23.2 Å². The molecule has 2 heterocycles. The van der Waals surface area contributed by atoms with E-state index in [0.717, 1.165) is 24.2 Å². The second-order valence-electron chi connectivity index (χ2n) is 9.48. The number of piperidine rings is 1. The van der Waals surface area contributed by atoms with Crippen molar-refractivity contribution in [2.45, 2.75) is 63.3 Å². The molecule has 0 saturated carbocycles. The summed E-state index contributed by atoms with van der Waals surface area (Å²) < 4.78 is 34.1. The van der Waals surface area contributed by atoms with Crippen LogP contribution in [-0.2, 0) is 20.6 Å². The van der Waals surface area contributed by atoms with Crippen LogP contribution < -0.4 is 10.1 Å². The lowest BCUT2D eigenvalue weighted by Gasteiger charge is -2.42. The van der Waals surface area contributed by atoms with Crippen molar-refractivity contribution in [2.24, 2.45) is 5.92 Å². The number of ether oxygens (including phenoxy) is 1. The van der Waals surface area contributed by atoms with E-state index >= 15 is 0 Å². The Bertz CT molecular complexity index is 1180. The summed E-state index contributed by atoms with van der Waals surface area (Å²) in [4.78, 5) is 13.4. The number of amides is 1. The molecule has 0 bridgehead atoms. The minimum atomic E-state index is -3.64. The molecular formula is C26H32Cl2N2O4S. The molecule has 0 radical (unpaired) electrons. The first kappa shape index (κ1) is 26.3. The zero-order chi connectivity index (χ0) is 25.2. The molecule has 1 N–H and O–H groups in total. The second kappa shape index (κ2) is 10.7. The van der Waals surface area contributed by atoms with Crippen LogP contribution in [-0.4, -0.2) is 37.3 Å². The standard InChI is InChI=1S/C26H32Cl2N2O4S/c1-3-26(4-2)15-23(21-9-5-6-10-24(21)34-26)29-25(31)18-8-7-13-30(16-18)35(32,33)17-19-11-12-20(27)14-22(19)28/h5-6,9-12,14,18,23H,3-4,7-8,13,15-17H2,1-2H3,(H,29,31)/t18-,23-/m1/s1. The molecule has 0 aromatic heterocycles. The van der Waals surface area contributed by atoms with E-state index < -0.39 is 15.9 Å². The third-order valence-electron chi connectivity index (χ3n) is 7.30. The molecule has 9 heteroatoms. The Hall–Kier alpha value is -1.80. The van der Waals surface area contributed by atoms with Crippen molar-refractivity contribution in [2.75, 3.05) is 13.1 Å². The summed E-state index contributed by atoms with van der Waals surface area (Å²) in [5.74, 6) is 0.0600. The van der Waals surface area contributed by atoms with Gasteiger partial charge in [0.1, 0.15) is 11.4 Å². The van der Waals surface area contributed by atoms with E-state index in [4.69, 9.17) is 27.9 Å². The molecule has 2 aromatic carbocycles. The highest BCUT2D eigenvalue weighted by Crippen LogP contribution is 2.42. The molecule has 0 aliphatic carbocycles. The Morgan fingerprint density at radius 3 is 2.63 bits per heavy atom. The van der Waals surface area contributed by atoms with Gasteiger partial charge in [0, 0.05) is 35.1 Å². The van der Waals surface area contributed by atoms with Gasteiger partial charge in [0.2, 0.25) is 15.9 Å². The van der Waals surface area contributed by atoms with Gasteiger partial charge in [-0.05, 0) is 49.4 Å². The van der Waals surface area contributed by atoms with Gasteiger partial charge >= 0.3 is 0 Å². The molecule has 2 aromatic rings. The number of halogens is 2. The molecular weight excluding hydrogens is 507 g/mol. The van der Waals surface area contributed by atoms with Gasteiger partial charge in [0.25, 0.3) is 0 Å². The maximum Gasteiger partial charge on any atom is 0.224 e. The third-order valence-corrected chi connectivity index (χ3v) is 9.68. The first-order valence-electron chi connectivity index (χ1n) is 12.2. The fraction of sp³-hybridized carbons (Fsp3) is 0.500. The van der Waals surface area contributed by atoms with E-state index in [2.05, 4.69) is 19.2 Å². The summed E-state index contributed by atoms with van der Waals surface area (Å²) in [5.41, 5.74) is 1.14. The number of para-hydroxylation sites is 1. The lowest BCUT2D eigenvalue weighted by Crippen LogP contribution is -2.49. The van der Waals surface area contributed by atoms with Crippen LogP contribution in [0.1, 0.15) is 63.1 Å². The lowest BCUT2D eigenvalue weighted by atomic mass is 9.83. The number of sulfonamides is 1. The molecule has 4 rings (SSSR count). The van der Waals surface area contributed by atoms with E-state index in [9.17, 15) is 13.2 Å². The van der Waals surface area contributed by atoms with Gasteiger partial charge in [-0.25, -0.2) is 12.7 Å². The van der Waals surface area contributed by atoms with Gasteiger partial charge in [-0.2, -0.15) is 0 Å². The highest BCUT2D eigenvalue weighted by molar-refractivity contribution is 7.88. The number of hydrogen-bond donors (Lipinski definition) is 1. The third kappa shape index (κ3) is 5.79. The number of nitrogens with zero attached hydrogens (tertiary/aromatic N) is 1. The van der Waals surface area contributed by atoms with Gasteiger partial charge in [-0.15, -0.1) is 0 Å². The van der Waals surface area contributed by atoms with Crippen molar-refractivity contribution in [3.8, 4) is 5.75 Å². The number of rotatable bonds is 7. The fourth-order valence-corrected chi connectivity index (χ4v) is 7.25. The van der Waals surface area contributed by atoms with Crippen LogP contribution in [0, 0.1) is 5.92 Å². The van der Waals surface area contributed by atoms with E-state index in [1.807, 2.05) is 24.3 Å². The number of fused-ring (bicyclic) bond motifs is 1. The van der Waals surface area contributed by atoms with Crippen LogP contribution in [0.4, 0.5) is 0 Å². The molecule has 2 aliphatic rings. The first-order valence-corrected chi connectivity index (χ1v) is 14.5. The summed E-state index contributed by atoms with van der Waals surface area (Å²) in [7, 11) is -3.64. The fourth-order valence-electron chi connectivity index (χ4n) is 5.06. The smallest absolute Gasteiger partial charge is 0.224 e. The maximum absolute atomic E-state index is 13.4. The van der Waals surface area contributed by atoms with Crippen molar-refractivity contribution in [3.05, 3.63) is 63.6 Å². The van der Waals surface area contributed by atoms with Gasteiger partial charge in [0.15, 0.2) is 0 Å². The summed E-state index contributed by atoms with van der Waals surface area (Å²) in [6.45, 7) is 4.77. The first-order chi connectivity index (χ1) is 16.7. The topological polar surface area (TPSA) is 75.7 Å². The quantitative estimate of drug-likeness (QED) is 0.488. The number of carbonyl (C=O) groups excluding carboxylic acids is 1. The zero-order valence-corrected chi connectivity index (χ0v) is 22.4. The molecule has 2 aliphatic heterocycles. The SMILES string of the molecule is CCC1(CC)C[C@@H](NC(=O)[C@@H]2CCCN(S(=O)(=O)Cc3ccc(Cl)cc3Cl)C2)c2ccccc2O1. The summed E-state index contributed by atoms with van der Waals surface area (Å²) >= 11 is 12.2. The normalized spacial score (nSPS) is 22.2. The lowest BCUT2D eigenvalue weighted by molar-refractivity contribution is -0.127. The molecule has 6 nitrogen and oxygen atoms in total. The van der Waals surface area contributed by atoms with Crippen molar-refractivity contribution in [3.63, 3.8) is 0 Å². The van der Waals surface area contributed by atoms with Crippen molar-refractivity contribution in [1.82, 2.24) is 9.62 Å². The van der Waals surface area contributed by atoms with Crippen LogP contribution in [0.15, 0.2) is 42.5 Å². The monoisotopic (exact) mass is 538 g/mol. The van der Waals surface area contributed by atoms with Crippen molar-refractivity contribution in [1.29, 1.82) is 0 Å². The minimum Gasteiger partial charge on any atom is -0.487 e. The molecule has 2 atom stereocenters. The maximum atomic E-state index is 13.4. The van der Waals surface area contributed by atoms with Crippen molar-refractivity contribution < 1.29 is 17.9 Å². The van der Waals surface area contributed by atoms with Crippen molar-refractivity contribution >= 4 is 39.1 Å². The second-order valence-corrected chi connectivity index (χ2v) is 12.3. The number of carbonyl (C=O) groups is 1. The highest BCUT2D eigenvalue weighted by atomic mass is 35.5. The predicted molar refractivity (Wildman–Crippen MR) is 139 cm³/mol. The van der Waals surface area contributed by atoms with Crippen LogP contribution in [0.25, 0.3) is 0 Å². The molecule has 1 fully saturated rings. The largest absolute Gasteiger partial charge is 0.487 e. The summed E-state index contributed by atoms with van der Waals surface area (Å²) in [5, 5.41) is 4.00. The molecule has 0 spiro atoms.